The summed E-state index contributed by atoms with van der Waals surface area (Å²) >= 11 is 0. The van der Waals surface area contributed by atoms with Crippen molar-refractivity contribution in [3.63, 3.8) is 0 Å². The van der Waals surface area contributed by atoms with E-state index in [-0.39, 0.29) is 46.9 Å². The van der Waals surface area contributed by atoms with Crippen LogP contribution in [0.15, 0.2) is 4.99 Å². The molecule has 1 saturated heterocycles. The maximum absolute atomic E-state index is 11.6. The minimum absolute atomic E-state index is 0. The number of nitrogens with zero attached hydrogens (tertiary/aromatic N) is 2. The SMILES string of the molecule is CN=C(NCCC(=O)NC(C)C)N1CC(C)(C)C1(C)C.I. The van der Waals surface area contributed by atoms with Gasteiger partial charge in [0.15, 0.2) is 5.96 Å². The number of aliphatic imine (C=N–C) groups is 1. The molecule has 2 N–H and O–H groups in total. The molecule has 0 aromatic heterocycles. The lowest BCUT2D eigenvalue weighted by molar-refractivity contribution is -0.121. The van der Waals surface area contributed by atoms with Gasteiger partial charge < -0.3 is 15.5 Å². The Morgan fingerprint density at radius 3 is 2.24 bits per heavy atom. The van der Waals surface area contributed by atoms with Crippen LogP contribution in [0.5, 0.6) is 0 Å². The zero-order chi connectivity index (χ0) is 15.6. The van der Waals surface area contributed by atoms with Crippen LogP contribution in [0.25, 0.3) is 0 Å². The van der Waals surface area contributed by atoms with Crippen molar-refractivity contribution in [1.29, 1.82) is 0 Å². The highest BCUT2D eigenvalue weighted by molar-refractivity contribution is 14.0. The summed E-state index contributed by atoms with van der Waals surface area (Å²) in [6.45, 7) is 14.5. The van der Waals surface area contributed by atoms with Crippen molar-refractivity contribution in [2.24, 2.45) is 10.4 Å². The van der Waals surface area contributed by atoms with Gasteiger partial charge in [0.1, 0.15) is 0 Å². The Hall–Kier alpha value is -0.530. The quantitative estimate of drug-likeness (QED) is 0.425. The minimum atomic E-state index is 0. The standard InChI is InChI=1S/C15H30N4O.HI/c1-11(2)18-12(20)8-9-17-13(16-7)19-10-14(3,4)15(19,5)6;/h11H,8-10H2,1-7H3,(H,16,17)(H,18,20);1H. The van der Waals surface area contributed by atoms with Crippen LogP contribution >= 0.6 is 24.0 Å². The van der Waals surface area contributed by atoms with Crippen LogP contribution in [0.3, 0.4) is 0 Å². The molecule has 1 aliphatic heterocycles. The van der Waals surface area contributed by atoms with Gasteiger partial charge in [-0.25, -0.2) is 0 Å². The molecular formula is C15H31IN4O. The maximum Gasteiger partial charge on any atom is 0.221 e. The van der Waals surface area contributed by atoms with Gasteiger partial charge in [-0.1, -0.05) is 13.8 Å². The van der Waals surface area contributed by atoms with Crippen molar-refractivity contribution >= 4 is 35.8 Å². The van der Waals surface area contributed by atoms with Crippen molar-refractivity contribution in [3.05, 3.63) is 0 Å². The second-order valence-corrected chi connectivity index (χ2v) is 6.98. The summed E-state index contributed by atoms with van der Waals surface area (Å²) in [6, 6.07) is 0.192. The van der Waals surface area contributed by atoms with Crippen molar-refractivity contribution in [2.45, 2.75) is 59.5 Å². The first kappa shape index (κ1) is 20.5. The van der Waals surface area contributed by atoms with Gasteiger partial charge >= 0.3 is 0 Å². The van der Waals surface area contributed by atoms with Crippen molar-refractivity contribution < 1.29 is 4.79 Å². The lowest BCUT2D eigenvalue weighted by Crippen LogP contribution is -2.72. The van der Waals surface area contributed by atoms with E-state index < -0.39 is 0 Å². The Bertz CT molecular complexity index is 391. The molecule has 1 heterocycles. The van der Waals surface area contributed by atoms with Crippen LogP contribution < -0.4 is 10.6 Å². The largest absolute Gasteiger partial charge is 0.356 e. The molecule has 124 valence electrons. The molecule has 1 aliphatic rings. The highest BCUT2D eigenvalue weighted by Crippen LogP contribution is 2.46. The van der Waals surface area contributed by atoms with Crippen molar-refractivity contribution in [2.75, 3.05) is 20.1 Å². The molecule has 0 radical (unpaired) electrons. The van der Waals surface area contributed by atoms with Crippen LogP contribution in [0.2, 0.25) is 0 Å². The molecule has 0 spiro atoms. The molecule has 0 bridgehead atoms. The van der Waals surface area contributed by atoms with E-state index in [9.17, 15) is 4.79 Å². The van der Waals surface area contributed by atoms with Gasteiger partial charge in [-0.15, -0.1) is 24.0 Å². The predicted octanol–water partition coefficient (Wildman–Crippen LogP) is 2.21. The number of hydrogen-bond acceptors (Lipinski definition) is 2. The summed E-state index contributed by atoms with van der Waals surface area (Å²) in [6.07, 6.45) is 0.467. The molecule has 0 atom stereocenters. The lowest BCUT2D eigenvalue weighted by Gasteiger charge is -2.62. The van der Waals surface area contributed by atoms with E-state index in [1.807, 2.05) is 13.8 Å². The van der Waals surface area contributed by atoms with Crippen molar-refractivity contribution in [1.82, 2.24) is 15.5 Å². The summed E-state index contributed by atoms with van der Waals surface area (Å²) in [5, 5.41) is 6.17. The third-order valence-corrected chi connectivity index (χ3v) is 4.44. The molecular weight excluding hydrogens is 379 g/mol. The zero-order valence-corrected chi connectivity index (χ0v) is 16.7. The van der Waals surface area contributed by atoms with Gasteiger partial charge in [0.05, 0.1) is 0 Å². The van der Waals surface area contributed by atoms with E-state index in [1.54, 1.807) is 7.05 Å². The average Bonchev–Trinajstić information content (AvgIpc) is 2.31. The van der Waals surface area contributed by atoms with E-state index in [0.717, 1.165) is 12.5 Å². The predicted molar refractivity (Wildman–Crippen MR) is 99.2 cm³/mol. The molecule has 0 aromatic rings. The van der Waals surface area contributed by atoms with Gasteiger partial charge in [0.25, 0.3) is 0 Å². The number of halogens is 1. The number of guanidine groups is 1. The molecule has 0 saturated carbocycles. The van der Waals surface area contributed by atoms with Crippen LogP contribution in [-0.4, -0.2) is 48.5 Å². The minimum Gasteiger partial charge on any atom is -0.356 e. The Kier molecular flexibility index (Phi) is 7.45. The van der Waals surface area contributed by atoms with Gasteiger partial charge in [-0.2, -0.15) is 0 Å². The average molecular weight is 410 g/mol. The van der Waals surface area contributed by atoms with E-state index >= 15 is 0 Å². The summed E-state index contributed by atoms with van der Waals surface area (Å²) in [4.78, 5) is 18.2. The zero-order valence-electron chi connectivity index (χ0n) is 14.4. The number of likely N-dealkylation sites (tertiary alicyclic amines) is 1. The molecule has 1 amide bonds. The fraction of sp³-hybridized carbons (Fsp3) is 0.867. The van der Waals surface area contributed by atoms with Gasteiger partial charge in [0, 0.05) is 43.6 Å². The maximum atomic E-state index is 11.6. The summed E-state index contributed by atoms with van der Waals surface area (Å²) in [5.41, 5.74) is 0.356. The summed E-state index contributed by atoms with van der Waals surface area (Å²) in [7, 11) is 1.79. The van der Waals surface area contributed by atoms with Crippen LogP contribution in [-0.2, 0) is 4.79 Å². The van der Waals surface area contributed by atoms with E-state index in [2.05, 4.69) is 48.2 Å². The second kappa shape index (κ2) is 7.65. The van der Waals surface area contributed by atoms with Crippen LogP contribution in [0.4, 0.5) is 0 Å². The molecule has 21 heavy (non-hydrogen) atoms. The number of rotatable bonds is 4. The highest BCUT2D eigenvalue weighted by Gasteiger charge is 2.53. The summed E-state index contributed by atoms with van der Waals surface area (Å²) < 4.78 is 0. The first-order valence-corrected chi connectivity index (χ1v) is 7.39. The number of nitrogens with one attached hydrogen (secondary N) is 2. The Balaban J connectivity index is 0.00000400. The van der Waals surface area contributed by atoms with Crippen LogP contribution in [0.1, 0.15) is 48.0 Å². The highest BCUT2D eigenvalue weighted by atomic mass is 127. The topological polar surface area (TPSA) is 56.7 Å². The van der Waals surface area contributed by atoms with E-state index in [1.165, 1.54) is 0 Å². The smallest absolute Gasteiger partial charge is 0.221 e. The van der Waals surface area contributed by atoms with E-state index in [4.69, 9.17) is 0 Å². The normalized spacial score (nSPS) is 19.6. The van der Waals surface area contributed by atoms with Gasteiger partial charge in [-0.05, 0) is 27.7 Å². The Morgan fingerprint density at radius 1 is 1.29 bits per heavy atom. The van der Waals surface area contributed by atoms with Gasteiger partial charge in [0.2, 0.25) is 5.91 Å². The molecule has 6 heteroatoms. The number of hydrogen-bond donors (Lipinski definition) is 2. The molecule has 1 rings (SSSR count). The Morgan fingerprint density at radius 2 is 1.86 bits per heavy atom. The lowest BCUT2D eigenvalue weighted by atomic mass is 9.65. The van der Waals surface area contributed by atoms with E-state index in [0.29, 0.717) is 13.0 Å². The second-order valence-electron chi connectivity index (χ2n) is 6.98. The number of amides is 1. The fourth-order valence-electron chi connectivity index (χ4n) is 2.38. The molecule has 0 aliphatic carbocycles. The number of carbonyl (C=O) groups excluding carboxylic acids is 1. The van der Waals surface area contributed by atoms with Gasteiger partial charge in [-0.3, -0.25) is 9.79 Å². The first-order valence-electron chi connectivity index (χ1n) is 7.39. The molecule has 5 nitrogen and oxygen atoms in total. The molecule has 0 unspecified atom stereocenters. The fourth-order valence-corrected chi connectivity index (χ4v) is 2.38. The monoisotopic (exact) mass is 410 g/mol. The van der Waals surface area contributed by atoms with Crippen LogP contribution in [0, 0.1) is 5.41 Å². The molecule has 0 aromatic carbocycles. The number of carbonyl (C=O) groups is 1. The summed E-state index contributed by atoms with van der Waals surface area (Å²) in [5.74, 6) is 0.956. The molecule has 1 fully saturated rings. The van der Waals surface area contributed by atoms with Crippen molar-refractivity contribution in [3.8, 4) is 0 Å². The first-order chi connectivity index (χ1) is 9.11. The third kappa shape index (κ3) is 4.72. The third-order valence-electron chi connectivity index (χ3n) is 4.44. The Labute approximate surface area is 146 Å².